The lowest BCUT2D eigenvalue weighted by Crippen LogP contribution is -2.57. The average molecular weight is 361 g/mol. The predicted molar refractivity (Wildman–Crippen MR) is 88.9 cm³/mol. The number of carbonyl (C=O) groups excluding carboxylic acids is 2. The molecule has 0 aliphatic carbocycles. The highest BCUT2D eigenvalue weighted by atomic mass is 35.5. The third-order valence-electron chi connectivity index (χ3n) is 3.57. The molecule has 1 aromatic carbocycles. The first-order valence-corrected chi connectivity index (χ1v) is 9.16. The third-order valence-corrected chi connectivity index (χ3v) is 6.06. The number of Topliss-reactive ketones (excluding diaryl/α,β-unsaturated/α-hetero) is 2. The van der Waals surface area contributed by atoms with Gasteiger partial charge >= 0.3 is 0 Å². The van der Waals surface area contributed by atoms with Crippen LogP contribution >= 0.6 is 11.6 Å². The van der Waals surface area contributed by atoms with Crippen LogP contribution in [-0.4, -0.2) is 37.3 Å². The molecule has 0 bridgehead atoms. The molecule has 1 aromatic rings. The van der Waals surface area contributed by atoms with E-state index in [-0.39, 0.29) is 11.3 Å². The number of sulfone groups is 1. The Bertz CT molecular complexity index is 673. The van der Waals surface area contributed by atoms with Gasteiger partial charge in [-0.25, -0.2) is 8.42 Å². The van der Waals surface area contributed by atoms with Crippen LogP contribution in [0.2, 0.25) is 0 Å². The van der Waals surface area contributed by atoms with Gasteiger partial charge in [-0.2, -0.15) is 0 Å². The second-order valence-electron chi connectivity index (χ2n) is 5.34. The standard InChI is InChI=1S/C15H21ClN2O4S/c1-11-4-6-12(7-5-11)23(21,22)15(18,8-2-3-9-17)14(20)13(19)10-16/h4-7H,2-3,8-10,17-18H2,1H3. The molecule has 0 aliphatic rings. The highest BCUT2D eigenvalue weighted by Crippen LogP contribution is 2.28. The second-order valence-corrected chi connectivity index (χ2v) is 7.81. The first kappa shape index (κ1) is 19.8. The predicted octanol–water partition coefficient (Wildman–Crippen LogP) is 0.930. The zero-order chi connectivity index (χ0) is 17.7. The first-order valence-electron chi connectivity index (χ1n) is 7.14. The van der Waals surface area contributed by atoms with E-state index in [2.05, 4.69) is 0 Å². The summed E-state index contributed by atoms with van der Waals surface area (Å²) in [7, 11) is -4.24. The topological polar surface area (TPSA) is 120 Å². The van der Waals surface area contributed by atoms with Crippen molar-refractivity contribution in [2.24, 2.45) is 11.5 Å². The van der Waals surface area contributed by atoms with E-state index in [1.54, 1.807) is 19.1 Å². The number of nitrogens with two attached hydrogens (primary N) is 2. The lowest BCUT2D eigenvalue weighted by Gasteiger charge is -2.27. The smallest absolute Gasteiger partial charge is 0.235 e. The summed E-state index contributed by atoms with van der Waals surface area (Å²) in [4.78, 5) is 21.5. The van der Waals surface area contributed by atoms with Crippen LogP contribution in [0.4, 0.5) is 0 Å². The number of hydrogen-bond acceptors (Lipinski definition) is 6. The van der Waals surface area contributed by atoms with Crippen LogP contribution in [0.5, 0.6) is 0 Å². The monoisotopic (exact) mass is 360 g/mol. The summed E-state index contributed by atoms with van der Waals surface area (Å²) >= 11 is 5.39. The van der Waals surface area contributed by atoms with E-state index < -0.39 is 32.2 Å². The van der Waals surface area contributed by atoms with Crippen LogP contribution in [0, 0.1) is 6.92 Å². The summed E-state index contributed by atoms with van der Waals surface area (Å²) in [5.74, 6) is -2.82. The van der Waals surface area contributed by atoms with Crippen molar-refractivity contribution >= 4 is 33.0 Å². The zero-order valence-corrected chi connectivity index (χ0v) is 14.5. The minimum Gasteiger partial charge on any atom is -0.330 e. The summed E-state index contributed by atoms with van der Waals surface area (Å²) in [6.07, 6.45) is 0.603. The van der Waals surface area contributed by atoms with Crippen molar-refractivity contribution in [2.75, 3.05) is 12.4 Å². The van der Waals surface area contributed by atoms with Gasteiger partial charge in [0.15, 0.2) is 4.87 Å². The van der Waals surface area contributed by atoms with E-state index >= 15 is 0 Å². The van der Waals surface area contributed by atoms with E-state index in [1.165, 1.54) is 12.1 Å². The lowest BCUT2D eigenvalue weighted by molar-refractivity contribution is -0.136. The number of benzene rings is 1. The molecule has 1 unspecified atom stereocenters. The van der Waals surface area contributed by atoms with Crippen molar-refractivity contribution in [3.63, 3.8) is 0 Å². The van der Waals surface area contributed by atoms with Crippen molar-refractivity contribution in [3.05, 3.63) is 29.8 Å². The molecule has 0 amide bonds. The van der Waals surface area contributed by atoms with Crippen molar-refractivity contribution in [3.8, 4) is 0 Å². The average Bonchev–Trinajstić information content (AvgIpc) is 2.53. The molecule has 0 heterocycles. The van der Waals surface area contributed by atoms with Crippen LogP contribution < -0.4 is 11.5 Å². The molecule has 0 fully saturated rings. The summed E-state index contributed by atoms with van der Waals surface area (Å²) in [5, 5.41) is 0. The minimum atomic E-state index is -4.24. The maximum absolute atomic E-state index is 12.8. The highest BCUT2D eigenvalue weighted by molar-refractivity contribution is 7.93. The van der Waals surface area contributed by atoms with E-state index in [0.29, 0.717) is 19.4 Å². The minimum absolute atomic E-state index is 0.103. The number of halogens is 1. The van der Waals surface area contributed by atoms with Crippen LogP contribution in [0.15, 0.2) is 29.2 Å². The molecule has 8 heteroatoms. The molecule has 23 heavy (non-hydrogen) atoms. The zero-order valence-electron chi connectivity index (χ0n) is 12.9. The van der Waals surface area contributed by atoms with Gasteiger partial charge in [0.2, 0.25) is 21.4 Å². The van der Waals surface area contributed by atoms with Crippen LogP contribution in [0.3, 0.4) is 0 Å². The fraction of sp³-hybridized carbons (Fsp3) is 0.467. The Morgan fingerprint density at radius 3 is 2.22 bits per heavy atom. The van der Waals surface area contributed by atoms with E-state index in [9.17, 15) is 18.0 Å². The van der Waals surface area contributed by atoms with Gasteiger partial charge in [-0.15, -0.1) is 11.6 Å². The Morgan fingerprint density at radius 2 is 1.74 bits per heavy atom. The van der Waals surface area contributed by atoms with E-state index in [4.69, 9.17) is 23.1 Å². The Morgan fingerprint density at radius 1 is 1.17 bits per heavy atom. The molecular formula is C15H21ClN2O4S. The molecule has 0 spiro atoms. The number of alkyl halides is 1. The molecule has 4 N–H and O–H groups in total. The Kier molecular flexibility index (Phi) is 6.88. The van der Waals surface area contributed by atoms with Crippen molar-refractivity contribution in [2.45, 2.75) is 36.0 Å². The summed E-state index contributed by atoms with van der Waals surface area (Å²) in [6.45, 7) is 2.13. The van der Waals surface area contributed by atoms with Gasteiger partial charge in [0.1, 0.15) is 0 Å². The molecule has 1 atom stereocenters. The van der Waals surface area contributed by atoms with Crippen molar-refractivity contribution < 1.29 is 18.0 Å². The molecule has 0 radical (unpaired) electrons. The van der Waals surface area contributed by atoms with Gasteiger partial charge in [0.25, 0.3) is 0 Å². The number of ketones is 2. The normalized spacial score (nSPS) is 14.3. The molecular weight excluding hydrogens is 340 g/mol. The molecule has 1 rings (SSSR count). The number of hydrogen-bond donors (Lipinski definition) is 2. The molecule has 0 saturated heterocycles. The van der Waals surface area contributed by atoms with Gasteiger partial charge in [-0.1, -0.05) is 17.7 Å². The van der Waals surface area contributed by atoms with Gasteiger partial charge < -0.3 is 11.5 Å². The van der Waals surface area contributed by atoms with Gasteiger partial charge in [0, 0.05) is 0 Å². The van der Waals surface area contributed by atoms with Gasteiger partial charge in [0.05, 0.1) is 10.8 Å². The third kappa shape index (κ3) is 4.17. The lowest BCUT2D eigenvalue weighted by atomic mass is 10.0. The number of aryl methyl sites for hydroxylation is 1. The number of rotatable bonds is 9. The molecule has 128 valence electrons. The molecule has 0 aromatic heterocycles. The SMILES string of the molecule is Cc1ccc(S(=O)(=O)C(N)(CCCCN)C(=O)C(=O)CCl)cc1. The first-order chi connectivity index (χ1) is 10.7. The molecule has 0 aliphatic heterocycles. The fourth-order valence-electron chi connectivity index (χ4n) is 2.13. The number of carbonyl (C=O) groups is 2. The quantitative estimate of drug-likeness (QED) is 0.384. The Hall–Kier alpha value is -1.28. The highest BCUT2D eigenvalue weighted by Gasteiger charge is 2.49. The maximum atomic E-state index is 12.8. The van der Waals surface area contributed by atoms with Gasteiger partial charge in [-0.3, -0.25) is 9.59 Å². The van der Waals surface area contributed by atoms with Crippen molar-refractivity contribution in [1.82, 2.24) is 0 Å². The maximum Gasteiger partial charge on any atom is 0.235 e. The summed E-state index contributed by atoms with van der Waals surface area (Å²) < 4.78 is 25.7. The Balaban J connectivity index is 3.34. The van der Waals surface area contributed by atoms with Crippen LogP contribution in [0.1, 0.15) is 24.8 Å². The largest absolute Gasteiger partial charge is 0.330 e. The summed E-state index contributed by atoms with van der Waals surface area (Å²) in [6, 6.07) is 5.93. The molecule has 6 nitrogen and oxygen atoms in total. The fourth-order valence-corrected chi connectivity index (χ4v) is 3.93. The van der Waals surface area contributed by atoms with Gasteiger partial charge in [-0.05, 0) is 44.9 Å². The van der Waals surface area contributed by atoms with Crippen LogP contribution in [0.25, 0.3) is 0 Å². The summed E-state index contributed by atoms with van der Waals surface area (Å²) in [5.41, 5.74) is 12.2. The Labute approximate surface area is 141 Å². The van der Waals surface area contributed by atoms with Crippen LogP contribution in [-0.2, 0) is 19.4 Å². The van der Waals surface area contributed by atoms with E-state index in [0.717, 1.165) is 5.56 Å². The second kappa shape index (κ2) is 8.01. The van der Waals surface area contributed by atoms with E-state index in [1.807, 2.05) is 0 Å². The number of unbranched alkanes of at least 4 members (excludes halogenated alkanes) is 1. The molecule has 0 saturated carbocycles. The van der Waals surface area contributed by atoms with Crippen molar-refractivity contribution in [1.29, 1.82) is 0 Å².